The molecule has 6 heteroatoms. The van der Waals surface area contributed by atoms with Gasteiger partial charge in [0.2, 0.25) is 0 Å². The molecule has 2 N–H and O–H groups in total. The van der Waals surface area contributed by atoms with E-state index in [1.54, 1.807) is 24.5 Å². The van der Waals surface area contributed by atoms with Crippen LogP contribution in [0.15, 0.2) is 41.3 Å². The van der Waals surface area contributed by atoms with Crippen molar-refractivity contribution < 1.29 is 9.90 Å². The number of hydrogen-bond acceptors (Lipinski definition) is 4. The minimum atomic E-state index is -1.04. The lowest BCUT2D eigenvalue weighted by atomic mass is 10.2. The highest BCUT2D eigenvalue weighted by Crippen LogP contribution is 2.21. The number of rotatable bonds is 3. The molecular formula is C11H8BrN3O2. The second kappa shape index (κ2) is 4.92. The fourth-order valence-corrected chi connectivity index (χ4v) is 1.61. The molecule has 0 amide bonds. The molecule has 2 aromatic heterocycles. The Bertz CT molecular complexity index is 546. The van der Waals surface area contributed by atoms with E-state index in [2.05, 4.69) is 31.2 Å². The van der Waals surface area contributed by atoms with E-state index in [0.717, 1.165) is 0 Å². The molecule has 5 nitrogen and oxygen atoms in total. The molecule has 0 bridgehead atoms. The maximum Gasteiger partial charge on any atom is 0.339 e. The molecule has 0 aliphatic heterocycles. The van der Waals surface area contributed by atoms with E-state index in [0.29, 0.717) is 10.2 Å². The van der Waals surface area contributed by atoms with Gasteiger partial charge in [-0.15, -0.1) is 0 Å². The lowest BCUT2D eigenvalue weighted by Crippen LogP contribution is -2.04. The monoisotopic (exact) mass is 293 g/mol. The van der Waals surface area contributed by atoms with Crippen LogP contribution in [0.1, 0.15) is 10.4 Å². The van der Waals surface area contributed by atoms with Crippen molar-refractivity contribution in [3.05, 3.63) is 46.8 Å². The quantitative estimate of drug-likeness (QED) is 0.910. The molecule has 0 spiro atoms. The van der Waals surface area contributed by atoms with E-state index in [4.69, 9.17) is 5.11 Å². The lowest BCUT2D eigenvalue weighted by Gasteiger charge is -2.08. The van der Waals surface area contributed by atoms with E-state index in [-0.39, 0.29) is 11.4 Å². The highest BCUT2D eigenvalue weighted by molar-refractivity contribution is 9.10. The van der Waals surface area contributed by atoms with Gasteiger partial charge < -0.3 is 10.4 Å². The van der Waals surface area contributed by atoms with E-state index in [9.17, 15) is 4.79 Å². The molecule has 86 valence electrons. The van der Waals surface area contributed by atoms with Crippen LogP contribution in [-0.4, -0.2) is 21.0 Å². The van der Waals surface area contributed by atoms with Crippen molar-refractivity contribution >= 4 is 33.4 Å². The Morgan fingerprint density at radius 2 is 2.24 bits per heavy atom. The van der Waals surface area contributed by atoms with Gasteiger partial charge in [-0.05, 0) is 34.1 Å². The van der Waals surface area contributed by atoms with E-state index < -0.39 is 5.97 Å². The topological polar surface area (TPSA) is 75.1 Å². The average Bonchev–Trinajstić information content (AvgIpc) is 2.32. The Balaban J connectivity index is 2.36. The van der Waals surface area contributed by atoms with Crippen molar-refractivity contribution in [2.24, 2.45) is 0 Å². The summed E-state index contributed by atoms with van der Waals surface area (Å²) in [4.78, 5) is 19.0. The largest absolute Gasteiger partial charge is 0.478 e. The third kappa shape index (κ3) is 2.79. The summed E-state index contributed by atoms with van der Waals surface area (Å²) in [5.74, 6) is -0.751. The number of hydrogen-bond donors (Lipinski definition) is 2. The van der Waals surface area contributed by atoms with E-state index in [1.807, 2.05) is 0 Å². The number of carboxylic acids is 1. The number of pyridine rings is 2. The third-order valence-electron chi connectivity index (χ3n) is 2.01. The zero-order valence-corrected chi connectivity index (χ0v) is 10.2. The number of carbonyl (C=O) groups is 1. The maximum atomic E-state index is 11.0. The smallest absolute Gasteiger partial charge is 0.339 e. The van der Waals surface area contributed by atoms with Crippen LogP contribution in [0, 0.1) is 0 Å². The molecular weight excluding hydrogens is 286 g/mol. The van der Waals surface area contributed by atoms with Gasteiger partial charge in [-0.25, -0.2) is 9.78 Å². The lowest BCUT2D eigenvalue weighted by molar-refractivity contribution is 0.0697. The first kappa shape index (κ1) is 11.5. The molecule has 0 aromatic carbocycles. The molecule has 0 radical (unpaired) electrons. The summed E-state index contributed by atoms with van der Waals surface area (Å²) in [6.45, 7) is 0. The molecule has 0 aliphatic rings. The molecule has 2 heterocycles. The number of aromatic nitrogens is 2. The van der Waals surface area contributed by atoms with Crippen LogP contribution in [0.4, 0.5) is 11.5 Å². The van der Waals surface area contributed by atoms with Crippen molar-refractivity contribution in [2.75, 3.05) is 5.32 Å². The fourth-order valence-electron chi connectivity index (χ4n) is 1.28. The fraction of sp³-hybridized carbons (Fsp3) is 0. The van der Waals surface area contributed by atoms with Gasteiger partial charge in [-0.3, -0.25) is 4.98 Å². The van der Waals surface area contributed by atoms with Crippen LogP contribution in [-0.2, 0) is 0 Å². The minimum Gasteiger partial charge on any atom is -0.478 e. The van der Waals surface area contributed by atoms with Crippen molar-refractivity contribution in [3.8, 4) is 0 Å². The molecule has 0 fully saturated rings. The van der Waals surface area contributed by atoms with Gasteiger partial charge in [0.15, 0.2) is 0 Å². The molecule has 0 aliphatic carbocycles. The zero-order valence-electron chi connectivity index (χ0n) is 8.59. The van der Waals surface area contributed by atoms with Gasteiger partial charge in [-0.2, -0.15) is 0 Å². The molecule has 2 aromatic rings. The molecule has 0 unspecified atom stereocenters. The number of carboxylic acid groups (broad SMARTS) is 1. The van der Waals surface area contributed by atoms with Gasteiger partial charge in [0.25, 0.3) is 0 Å². The first-order chi connectivity index (χ1) is 8.16. The summed E-state index contributed by atoms with van der Waals surface area (Å²) in [5, 5.41) is 12.0. The van der Waals surface area contributed by atoms with Crippen LogP contribution in [0.2, 0.25) is 0 Å². The molecule has 0 saturated carbocycles. The second-order valence-corrected chi connectivity index (χ2v) is 4.14. The summed E-state index contributed by atoms with van der Waals surface area (Å²) in [6.07, 6.45) is 4.76. The Labute approximate surface area is 106 Å². The average molecular weight is 294 g/mol. The summed E-state index contributed by atoms with van der Waals surface area (Å²) in [5.41, 5.74) is 0.785. The summed E-state index contributed by atoms with van der Waals surface area (Å²) < 4.78 is 0.617. The van der Waals surface area contributed by atoms with Gasteiger partial charge in [0, 0.05) is 16.9 Å². The first-order valence-electron chi connectivity index (χ1n) is 4.72. The Morgan fingerprint density at radius 1 is 1.41 bits per heavy atom. The van der Waals surface area contributed by atoms with Crippen LogP contribution < -0.4 is 5.32 Å². The van der Waals surface area contributed by atoms with Crippen molar-refractivity contribution in [1.29, 1.82) is 0 Å². The van der Waals surface area contributed by atoms with Crippen molar-refractivity contribution in [1.82, 2.24) is 9.97 Å². The van der Waals surface area contributed by atoms with E-state index >= 15 is 0 Å². The normalized spacial score (nSPS) is 9.94. The molecule has 2 rings (SSSR count). The Morgan fingerprint density at radius 3 is 2.88 bits per heavy atom. The SMILES string of the molecule is O=C(O)c1cc(Br)cnc1Nc1cccnc1. The molecule has 17 heavy (non-hydrogen) atoms. The summed E-state index contributed by atoms with van der Waals surface area (Å²) >= 11 is 3.18. The summed E-state index contributed by atoms with van der Waals surface area (Å²) in [6, 6.07) is 5.03. The number of halogens is 1. The standard InChI is InChI=1S/C11H8BrN3O2/c12-7-4-9(11(16)17)10(14-5-7)15-8-2-1-3-13-6-8/h1-6H,(H,14,15)(H,16,17). The van der Waals surface area contributed by atoms with Crippen LogP contribution >= 0.6 is 15.9 Å². The minimum absolute atomic E-state index is 0.100. The Kier molecular flexibility index (Phi) is 3.34. The third-order valence-corrected chi connectivity index (χ3v) is 2.44. The number of aromatic carboxylic acids is 1. The zero-order chi connectivity index (χ0) is 12.3. The second-order valence-electron chi connectivity index (χ2n) is 3.22. The predicted molar refractivity (Wildman–Crippen MR) is 66.4 cm³/mol. The Hall–Kier alpha value is -1.95. The van der Waals surface area contributed by atoms with Gasteiger partial charge in [0.1, 0.15) is 11.4 Å². The van der Waals surface area contributed by atoms with Gasteiger partial charge in [0.05, 0.1) is 11.9 Å². The maximum absolute atomic E-state index is 11.0. The predicted octanol–water partition coefficient (Wildman–Crippen LogP) is 2.68. The van der Waals surface area contributed by atoms with Crippen LogP contribution in [0.5, 0.6) is 0 Å². The molecule has 0 atom stereocenters. The number of nitrogens with zero attached hydrogens (tertiary/aromatic N) is 2. The van der Waals surface area contributed by atoms with E-state index in [1.165, 1.54) is 12.3 Å². The highest BCUT2D eigenvalue weighted by atomic mass is 79.9. The van der Waals surface area contributed by atoms with Gasteiger partial charge >= 0.3 is 5.97 Å². The van der Waals surface area contributed by atoms with Crippen molar-refractivity contribution in [3.63, 3.8) is 0 Å². The van der Waals surface area contributed by atoms with Crippen LogP contribution in [0.3, 0.4) is 0 Å². The van der Waals surface area contributed by atoms with Gasteiger partial charge in [-0.1, -0.05) is 0 Å². The molecule has 0 saturated heterocycles. The van der Waals surface area contributed by atoms with Crippen LogP contribution in [0.25, 0.3) is 0 Å². The first-order valence-corrected chi connectivity index (χ1v) is 5.52. The summed E-state index contributed by atoms with van der Waals surface area (Å²) in [7, 11) is 0. The number of nitrogens with one attached hydrogen (secondary N) is 1. The number of anilines is 2. The van der Waals surface area contributed by atoms with Crippen molar-refractivity contribution in [2.45, 2.75) is 0 Å². The highest BCUT2D eigenvalue weighted by Gasteiger charge is 2.12.